The van der Waals surface area contributed by atoms with E-state index in [-0.39, 0.29) is 31.7 Å². The Bertz CT molecular complexity index is 3380. The number of fused-ring (bicyclic) bond motifs is 3. The summed E-state index contributed by atoms with van der Waals surface area (Å²) in [6, 6.07) is 42.6. The summed E-state index contributed by atoms with van der Waals surface area (Å²) in [6.07, 6.45) is 8.38. The van der Waals surface area contributed by atoms with Crippen molar-refractivity contribution in [2.75, 3.05) is 35.6 Å². The number of amides is 3. The van der Waals surface area contributed by atoms with Crippen LogP contribution in [0.5, 0.6) is 0 Å². The molecule has 6 aromatic carbocycles. The molecule has 3 heterocycles. The second kappa shape index (κ2) is 26.5. The lowest BCUT2D eigenvalue weighted by Crippen LogP contribution is -2.57. The maximum atomic E-state index is 14.3. The lowest BCUT2D eigenvalue weighted by molar-refractivity contribution is -0.120. The Morgan fingerprint density at radius 1 is 0.373 bits per heavy atom. The van der Waals surface area contributed by atoms with Crippen molar-refractivity contribution in [1.29, 1.82) is 0 Å². The van der Waals surface area contributed by atoms with E-state index in [0.717, 1.165) is 33.2 Å². The van der Waals surface area contributed by atoms with Gasteiger partial charge in [-0.15, -0.1) is 12.4 Å². The molecule has 0 bridgehead atoms. The molecule has 3 atom stereocenters. The fraction of sp³-hybridized carbons (Fsp3) is 0.250. The number of unbranched alkanes of at least 4 members (excludes halogenated alkanes) is 3. The molecule has 0 aliphatic carbocycles. The van der Waals surface area contributed by atoms with Crippen molar-refractivity contribution in [3.05, 3.63) is 198 Å². The van der Waals surface area contributed by atoms with Crippen LogP contribution in [0, 0.1) is 0 Å². The minimum Gasteiger partial charge on any atom is -0.361 e. The molecule has 18 nitrogen and oxygen atoms in total. The fourth-order valence-electron chi connectivity index (χ4n) is 10.8. The Labute approximate surface area is 486 Å². The van der Waals surface area contributed by atoms with Crippen molar-refractivity contribution in [3.63, 3.8) is 0 Å². The standard InChI is InChI=1S/C64H70N12O6.ClH/c65-34-4-1-31-62(68,56(77)49-10-7-13-52-46(49)28-37-71-52)59(80)74-43-22-16-40(17-23-43)55(41-18-24-44(25-19-41)75-60(81)63(69,32-2-5-35-66)57(78)50-11-8-14-53-47(50)29-38-72-53)42-20-26-45(27-21-42)76-61(82)64(70,33-3-6-36-67)58(79)51-12-9-15-54-48(51)30-39-73-54;/h7-30,37-39,55,71-73H,1-6,31-36,65-70H2,(H,74,80)(H,75,81)(H,76,82);1H/t62-,63-,64-;/m0./s1. The van der Waals surface area contributed by atoms with Gasteiger partial charge in [0.25, 0.3) is 17.7 Å². The molecule has 0 unspecified atom stereocenters. The van der Waals surface area contributed by atoms with Crippen LogP contribution >= 0.6 is 12.4 Å². The number of carbonyl (C=O) groups is 6. The van der Waals surface area contributed by atoms with Gasteiger partial charge < -0.3 is 65.3 Å². The quantitative estimate of drug-likeness (QED) is 0.00996. The zero-order valence-corrected chi connectivity index (χ0v) is 46.8. The van der Waals surface area contributed by atoms with Crippen molar-refractivity contribution in [1.82, 2.24) is 15.0 Å². The first-order chi connectivity index (χ1) is 39.6. The van der Waals surface area contributed by atoms with Crippen LogP contribution in [0.4, 0.5) is 17.1 Å². The Kier molecular flexibility index (Phi) is 19.4. The van der Waals surface area contributed by atoms with Crippen LogP contribution in [0.2, 0.25) is 0 Å². The van der Waals surface area contributed by atoms with Crippen LogP contribution in [0.1, 0.15) is 111 Å². The first-order valence-corrected chi connectivity index (χ1v) is 27.7. The Balaban J connectivity index is 0.00000900. The van der Waals surface area contributed by atoms with E-state index in [9.17, 15) is 28.8 Å². The number of halogens is 1. The first-order valence-electron chi connectivity index (χ1n) is 27.7. The van der Waals surface area contributed by atoms with Crippen LogP contribution < -0.4 is 50.4 Å². The monoisotopic (exact) mass is 1140 g/mol. The van der Waals surface area contributed by atoms with Gasteiger partial charge in [-0.2, -0.15) is 0 Å². The third-order valence-corrected chi connectivity index (χ3v) is 15.5. The Morgan fingerprint density at radius 2 is 0.639 bits per heavy atom. The van der Waals surface area contributed by atoms with E-state index in [4.69, 9.17) is 34.4 Å². The summed E-state index contributed by atoms with van der Waals surface area (Å²) < 4.78 is 0. The molecule has 0 radical (unpaired) electrons. The van der Waals surface area contributed by atoms with E-state index in [1.54, 1.807) is 110 Å². The molecule has 0 aliphatic rings. The number of benzene rings is 6. The number of rotatable bonds is 27. The summed E-state index contributed by atoms with van der Waals surface area (Å²) in [7, 11) is 0. The highest BCUT2D eigenvalue weighted by Gasteiger charge is 2.45. The molecule has 18 N–H and O–H groups in total. The average molecular weight is 1140 g/mol. The molecule has 83 heavy (non-hydrogen) atoms. The van der Waals surface area contributed by atoms with Crippen molar-refractivity contribution >= 4 is 97.2 Å². The molecule has 0 fully saturated rings. The summed E-state index contributed by atoms with van der Waals surface area (Å²) in [5.74, 6) is -4.05. The minimum atomic E-state index is -1.92. The number of aromatic amines is 3. The molecule has 3 aromatic heterocycles. The third-order valence-electron chi connectivity index (χ3n) is 15.5. The summed E-state index contributed by atoms with van der Waals surface area (Å²) in [5.41, 5.74) is 39.0. The summed E-state index contributed by atoms with van der Waals surface area (Å²) in [5, 5.41) is 10.7. The number of nitrogens with one attached hydrogen (secondary N) is 6. The van der Waals surface area contributed by atoms with Gasteiger partial charge in [0.1, 0.15) is 0 Å². The second-order valence-electron chi connectivity index (χ2n) is 21.0. The molecule has 9 aromatic rings. The lowest BCUT2D eigenvalue weighted by Gasteiger charge is -2.28. The normalized spacial score (nSPS) is 13.6. The number of hydrogen-bond donors (Lipinski definition) is 12. The van der Waals surface area contributed by atoms with Crippen LogP contribution in [0.3, 0.4) is 0 Å². The third kappa shape index (κ3) is 12.7. The number of aromatic nitrogens is 3. The maximum Gasteiger partial charge on any atom is 0.252 e. The molecule has 3 amide bonds. The Morgan fingerprint density at radius 3 is 0.892 bits per heavy atom. The van der Waals surface area contributed by atoms with E-state index >= 15 is 0 Å². The minimum absolute atomic E-state index is 0. The van der Waals surface area contributed by atoms with Gasteiger partial charge in [0, 0.05) is 91.0 Å². The van der Waals surface area contributed by atoms with Gasteiger partial charge >= 0.3 is 0 Å². The molecule has 9 rings (SSSR count). The molecule has 0 aliphatic heterocycles. The van der Waals surface area contributed by atoms with Crippen molar-refractivity contribution in [2.24, 2.45) is 34.4 Å². The predicted molar refractivity (Wildman–Crippen MR) is 331 cm³/mol. The first kappa shape index (κ1) is 60.5. The summed E-state index contributed by atoms with van der Waals surface area (Å²) in [6.45, 7) is 1.10. The number of ketones is 3. The highest BCUT2D eigenvalue weighted by molar-refractivity contribution is 6.26. The fourth-order valence-corrected chi connectivity index (χ4v) is 10.8. The molecule has 19 heteroatoms. The maximum absolute atomic E-state index is 14.3. The van der Waals surface area contributed by atoms with Crippen LogP contribution in [0.25, 0.3) is 32.7 Å². The predicted octanol–water partition coefficient (Wildman–Crippen LogP) is 8.68. The number of nitrogens with two attached hydrogens (primary N) is 6. The largest absolute Gasteiger partial charge is 0.361 e. The van der Waals surface area contributed by atoms with Crippen LogP contribution in [0.15, 0.2) is 164 Å². The number of Topliss-reactive ketones (excluding diaryl/α,β-unsaturated/α-hetero) is 3. The van der Waals surface area contributed by atoms with Gasteiger partial charge in [0.15, 0.2) is 34.0 Å². The molecule has 0 saturated carbocycles. The number of H-pyrrole nitrogens is 3. The number of anilines is 3. The second-order valence-corrected chi connectivity index (χ2v) is 21.0. The van der Waals surface area contributed by atoms with Crippen LogP contribution in [-0.4, -0.2) is 86.3 Å². The van der Waals surface area contributed by atoms with E-state index < -0.39 is 57.6 Å². The van der Waals surface area contributed by atoms with Gasteiger partial charge in [0.2, 0.25) is 0 Å². The van der Waals surface area contributed by atoms with E-state index in [2.05, 4.69) is 30.9 Å². The zero-order chi connectivity index (χ0) is 58.0. The smallest absolute Gasteiger partial charge is 0.252 e. The number of carbonyl (C=O) groups excluding carboxylic acids is 6. The van der Waals surface area contributed by atoms with E-state index in [0.29, 0.717) is 108 Å². The SMILES string of the molecule is Cl.NCCCC[C@@](N)(C(=O)Nc1ccc(C(c2ccc(NC(=O)[C@](N)(CCCCN)C(=O)c3cccc4[nH]ccc34)cc2)c2ccc(NC(=O)[C@](N)(CCCCN)C(=O)c3cccc4[nH]ccc34)cc2)cc1)C(=O)c1cccc2[nH]ccc12. The van der Waals surface area contributed by atoms with Gasteiger partial charge in [-0.05, 0) is 167 Å². The highest BCUT2D eigenvalue weighted by atomic mass is 35.5. The highest BCUT2D eigenvalue weighted by Crippen LogP contribution is 2.36. The molecular weight excluding hydrogens is 1070 g/mol. The molecule has 430 valence electrons. The van der Waals surface area contributed by atoms with Crippen molar-refractivity contribution < 1.29 is 28.8 Å². The van der Waals surface area contributed by atoms with Gasteiger partial charge in [-0.25, -0.2) is 0 Å². The van der Waals surface area contributed by atoms with Gasteiger partial charge in [-0.3, -0.25) is 28.8 Å². The summed E-state index contributed by atoms with van der Waals surface area (Å²) >= 11 is 0. The van der Waals surface area contributed by atoms with Gasteiger partial charge in [0.05, 0.1) is 0 Å². The molecule has 0 saturated heterocycles. The molecule has 0 spiro atoms. The molecular formula is C64H71ClN12O6. The lowest BCUT2D eigenvalue weighted by atomic mass is 9.83. The van der Waals surface area contributed by atoms with E-state index in [1.165, 1.54) is 0 Å². The van der Waals surface area contributed by atoms with Gasteiger partial charge in [-0.1, -0.05) is 72.8 Å². The zero-order valence-electron chi connectivity index (χ0n) is 46.0. The topological polar surface area (TPSA) is 342 Å². The number of hydrogen-bond acceptors (Lipinski definition) is 12. The van der Waals surface area contributed by atoms with Crippen molar-refractivity contribution in [2.45, 2.75) is 80.3 Å². The van der Waals surface area contributed by atoms with Crippen LogP contribution in [-0.2, 0) is 14.4 Å². The Hall–Kier alpha value is -8.59. The summed E-state index contributed by atoms with van der Waals surface area (Å²) in [4.78, 5) is 95.4. The van der Waals surface area contributed by atoms with Crippen molar-refractivity contribution in [3.8, 4) is 0 Å². The van der Waals surface area contributed by atoms with E-state index in [1.807, 2.05) is 54.6 Å². The average Bonchev–Trinajstić information content (AvgIpc) is 4.44.